The average Bonchev–Trinajstić information content (AvgIpc) is 2.65. The Kier molecular flexibility index (Phi) is 3.20. The van der Waals surface area contributed by atoms with E-state index in [-0.39, 0.29) is 29.9 Å². The SMILES string of the molecule is CC(C)N1CC(=O)N(c2cccc([N+](=O)[O-])c2)C1=O. The minimum atomic E-state index is -0.561. The van der Waals surface area contributed by atoms with Crippen molar-refractivity contribution in [3.8, 4) is 0 Å². The van der Waals surface area contributed by atoms with Gasteiger partial charge in [-0.1, -0.05) is 6.07 Å². The molecule has 0 unspecified atom stereocenters. The van der Waals surface area contributed by atoms with Gasteiger partial charge in [0, 0.05) is 18.2 Å². The van der Waals surface area contributed by atoms with E-state index in [1.807, 2.05) is 13.8 Å². The molecule has 7 heteroatoms. The number of hydrogen-bond acceptors (Lipinski definition) is 4. The molecular formula is C12H13N3O4. The van der Waals surface area contributed by atoms with Gasteiger partial charge >= 0.3 is 6.03 Å². The van der Waals surface area contributed by atoms with Crippen LogP contribution >= 0.6 is 0 Å². The average molecular weight is 263 g/mol. The van der Waals surface area contributed by atoms with Gasteiger partial charge in [0.15, 0.2) is 0 Å². The summed E-state index contributed by atoms with van der Waals surface area (Å²) in [7, 11) is 0. The van der Waals surface area contributed by atoms with Gasteiger partial charge in [-0.05, 0) is 19.9 Å². The van der Waals surface area contributed by atoms with Crippen LogP contribution in [0.2, 0.25) is 0 Å². The van der Waals surface area contributed by atoms with Crippen molar-refractivity contribution >= 4 is 23.3 Å². The van der Waals surface area contributed by atoms with Crippen LogP contribution in [0.3, 0.4) is 0 Å². The Morgan fingerprint density at radius 2 is 2.00 bits per heavy atom. The summed E-state index contributed by atoms with van der Waals surface area (Å²) in [4.78, 5) is 36.5. The predicted octanol–water partition coefficient (Wildman–Crippen LogP) is 1.77. The molecule has 0 radical (unpaired) electrons. The summed E-state index contributed by atoms with van der Waals surface area (Å²) in [5, 5.41) is 10.7. The number of imide groups is 1. The van der Waals surface area contributed by atoms with Crippen molar-refractivity contribution in [3.05, 3.63) is 34.4 Å². The fourth-order valence-electron chi connectivity index (χ4n) is 1.92. The second-order valence-electron chi connectivity index (χ2n) is 4.51. The lowest BCUT2D eigenvalue weighted by molar-refractivity contribution is -0.384. The first-order chi connectivity index (χ1) is 8.91. The molecule has 1 aromatic rings. The first-order valence-corrected chi connectivity index (χ1v) is 5.80. The van der Waals surface area contributed by atoms with E-state index in [0.29, 0.717) is 0 Å². The molecule has 19 heavy (non-hydrogen) atoms. The quantitative estimate of drug-likeness (QED) is 0.472. The second kappa shape index (κ2) is 4.68. The van der Waals surface area contributed by atoms with E-state index in [1.165, 1.54) is 29.2 Å². The molecule has 0 bridgehead atoms. The maximum atomic E-state index is 12.1. The Morgan fingerprint density at radius 1 is 1.32 bits per heavy atom. The maximum absolute atomic E-state index is 12.1. The van der Waals surface area contributed by atoms with Gasteiger partial charge < -0.3 is 4.90 Å². The van der Waals surface area contributed by atoms with E-state index in [0.717, 1.165) is 4.90 Å². The van der Waals surface area contributed by atoms with Crippen molar-refractivity contribution in [2.75, 3.05) is 11.4 Å². The van der Waals surface area contributed by atoms with Crippen molar-refractivity contribution in [3.63, 3.8) is 0 Å². The van der Waals surface area contributed by atoms with Crippen molar-refractivity contribution in [2.45, 2.75) is 19.9 Å². The van der Waals surface area contributed by atoms with Gasteiger partial charge in [-0.2, -0.15) is 0 Å². The third-order valence-corrected chi connectivity index (χ3v) is 2.91. The lowest BCUT2D eigenvalue weighted by Gasteiger charge is -2.20. The largest absolute Gasteiger partial charge is 0.332 e. The van der Waals surface area contributed by atoms with Gasteiger partial charge in [-0.25, -0.2) is 9.69 Å². The number of nitrogens with zero attached hydrogens (tertiary/aromatic N) is 3. The number of urea groups is 1. The number of anilines is 1. The summed E-state index contributed by atoms with van der Waals surface area (Å²) in [6.45, 7) is 3.61. The van der Waals surface area contributed by atoms with Gasteiger partial charge in [0.05, 0.1) is 10.6 Å². The number of nitro benzene ring substituents is 1. The van der Waals surface area contributed by atoms with Crippen molar-refractivity contribution in [1.82, 2.24) is 4.90 Å². The normalized spacial score (nSPS) is 15.5. The van der Waals surface area contributed by atoms with Crippen LogP contribution in [-0.4, -0.2) is 34.3 Å². The number of non-ortho nitro benzene ring substituents is 1. The highest BCUT2D eigenvalue weighted by Gasteiger charge is 2.38. The van der Waals surface area contributed by atoms with Crippen LogP contribution in [0.15, 0.2) is 24.3 Å². The van der Waals surface area contributed by atoms with E-state index in [1.54, 1.807) is 0 Å². The minimum Gasteiger partial charge on any atom is -0.312 e. The molecule has 0 spiro atoms. The number of amides is 3. The molecule has 1 aliphatic heterocycles. The van der Waals surface area contributed by atoms with Gasteiger partial charge in [0.2, 0.25) is 0 Å². The number of hydrogen-bond donors (Lipinski definition) is 0. The molecule has 1 fully saturated rings. The zero-order chi connectivity index (χ0) is 14.2. The van der Waals surface area contributed by atoms with E-state index in [4.69, 9.17) is 0 Å². The van der Waals surface area contributed by atoms with Crippen LogP contribution in [-0.2, 0) is 4.79 Å². The topological polar surface area (TPSA) is 83.8 Å². The molecule has 0 N–H and O–H groups in total. The maximum Gasteiger partial charge on any atom is 0.332 e. The molecule has 1 aliphatic rings. The highest BCUT2D eigenvalue weighted by Crippen LogP contribution is 2.26. The molecule has 0 aromatic heterocycles. The number of benzene rings is 1. The summed E-state index contributed by atoms with van der Waals surface area (Å²) < 4.78 is 0. The van der Waals surface area contributed by atoms with Gasteiger partial charge in [0.25, 0.3) is 11.6 Å². The molecule has 1 aromatic carbocycles. The van der Waals surface area contributed by atoms with Crippen LogP contribution in [0, 0.1) is 10.1 Å². The highest BCUT2D eigenvalue weighted by atomic mass is 16.6. The summed E-state index contributed by atoms with van der Waals surface area (Å²) in [6.07, 6.45) is 0. The number of nitro groups is 1. The predicted molar refractivity (Wildman–Crippen MR) is 67.8 cm³/mol. The Bertz CT molecular complexity index is 556. The monoisotopic (exact) mass is 263 g/mol. The van der Waals surface area contributed by atoms with Crippen molar-refractivity contribution < 1.29 is 14.5 Å². The van der Waals surface area contributed by atoms with Crippen LogP contribution in [0.1, 0.15) is 13.8 Å². The molecule has 7 nitrogen and oxygen atoms in total. The molecule has 1 heterocycles. The molecule has 2 rings (SSSR count). The van der Waals surface area contributed by atoms with Gasteiger partial charge in [-0.3, -0.25) is 14.9 Å². The lowest BCUT2D eigenvalue weighted by Crippen LogP contribution is -2.36. The molecule has 1 saturated heterocycles. The van der Waals surface area contributed by atoms with Crippen LogP contribution in [0.25, 0.3) is 0 Å². The second-order valence-corrected chi connectivity index (χ2v) is 4.51. The third-order valence-electron chi connectivity index (χ3n) is 2.91. The lowest BCUT2D eigenvalue weighted by atomic mass is 10.2. The zero-order valence-corrected chi connectivity index (χ0v) is 10.6. The Hall–Kier alpha value is -2.44. The third kappa shape index (κ3) is 2.26. The smallest absolute Gasteiger partial charge is 0.312 e. The molecular weight excluding hydrogens is 250 g/mol. The Morgan fingerprint density at radius 3 is 2.53 bits per heavy atom. The molecule has 3 amide bonds. The molecule has 0 aliphatic carbocycles. The minimum absolute atomic E-state index is 0.000802. The van der Waals surface area contributed by atoms with Crippen molar-refractivity contribution in [1.29, 1.82) is 0 Å². The van der Waals surface area contributed by atoms with E-state index < -0.39 is 11.0 Å². The summed E-state index contributed by atoms with van der Waals surface area (Å²) >= 11 is 0. The summed E-state index contributed by atoms with van der Waals surface area (Å²) in [6, 6.07) is 4.95. The summed E-state index contributed by atoms with van der Waals surface area (Å²) in [5.41, 5.74) is 0.0773. The van der Waals surface area contributed by atoms with Crippen molar-refractivity contribution in [2.24, 2.45) is 0 Å². The molecule has 100 valence electrons. The fourth-order valence-corrected chi connectivity index (χ4v) is 1.92. The Labute approximate surface area is 109 Å². The first-order valence-electron chi connectivity index (χ1n) is 5.80. The first kappa shape index (κ1) is 13.0. The molecule has 0 saturated carbocycles. The van der Waals surface area contributed by atoms with Gasteiger partial charge in [-0.15, -0.1) is 0 Å². The van der Waals surface area contributed by atoms with E-state index >= 15 is 0 Å². The van der Waals surface area contributed by atoms with Crippen LogP contribution in [0.5, 0.6) is 0 Å². The van der Waals surface area contributed by atoms with Crippen LogP contribution < -0.4 is 4.90 Å². The highest BCUT2D eigenvalue weighted by molar-refractivity contribution is 6.19. The van der Waals surface area contributed by atoms with E-state index in [9.17, 15) is 19.7 Å². The zero-order valence-electron chi connectivity index (χ0n) is 10.6. The standard InChI is InChI=1S/C12H13N3O4/c1-8(2)13-7-11(16)14(12(13)17)9-4-3-5-10(6-9)15(18)19/h3-6,8H,7H2,1-2H3. The number of carbonyl (C=O) groups is 2. The Balaban J connectivity index is 2.36. The number of rotatable bonds is 3. The summed E-state index contributed by atoms with van der Waals surface area (Å²) in [5.74, 6) is -0.376. The van der Waals surface area contributed by atoms with Gasteiger partial charge in [0.1, 0.15) is 6.54 Å². The van der Waals surface area contributed by atoms with Crippen LogP contribution in [0.4, 0.5) is 16.2 Å². The van der Waals surface area contributed by atoms with E-state index in [2.05, 4.69) is 0 Å². The molecule has 0 atom stereocenters. The number of carbonyl (C=O) groups excluding carboxylic acids is 2. The fraction of sp³-hybridized carbons (Fsp3) is 0.333.